The van der Waals surface area contributed by atoms with Crippen molar-refractivity contribution < 1.29 is 34.0 Å². The zero-order valence-electron chi connectivity index (χ0n) is 19.5. The first kappa shape index (κ1) is 26.0. The van der Waals surface area contributed by atoms with Crippen molar-refractivity contribution in [2.45, 2.75) is 88.9 Å². The number of fused-ring (bicyclic) bond motifs is 1. The van der Waals surface area contributed by atoms with Gasteiger partial charge >= 0.3 is 7.60 Å². The number of anilines is 1. The molecule has 186 valence electrons. The lowest BCUT2D eigenvalue weighted by Crippen LogP contribution is -2.40. The van der Waals surface area contributed by atoms with Gasteiger partial charge in [0.1, 0.15) is 24.1 Å². The molecular formula is C20H34N5O7P. The number of nitrogens with one attached hydrogen (secondary N) is 1. The normalized spacial score (nSPS) is 27.4. The Hall–Kier alpha value is -1.66. The molecule has 4 unspecified atom stereocenters. The summed E-state index contributed by atoms with van der Waals surface area (Å²) in [5, 5.41) is 33.1. The number of imidazole rings is 1. The van der Waals surface area contributed by atoms with E-state index in [4.69, 9.17) is 9.26 Å². The highest BCUT2D eigenvalue weighted by Crippen LogP contribution is 2.60. The highest BCUT2D eigenvalue weighted by molar-refractivity contribution is 7.54. The molecular weight excluding hydrogens is 453 g/mol. The fourth-order valence-electron chi connectivity index (χ4n) is 4.05. The van der Waals surface area contributed by atoms with Crippen molar-refractivity contribution in [1.29, 1.82) is 0 Å². The van der Waals surface area contributed by atoms with E-state index in [1.165, 1.54) is 17.2 Å². The molecule has 1 saturated heterocycles. The van der Waals surface area contributed by atoms with Gasteiger partial charge in [-0.25, -0.2) is 15.0 Å². The van der Waals surface area contributed by atoms with Gasteiger partial charge in [0.25, 0.3) is 0 Å². The molecule has 0 aliphatic carbocycles. The van der Waals surface area contributed by atoms with E-state index in [2.05, 4.69) is 20.3 Å². The summed E-state index contributed by atoms with van der Waals surface area (Å²) >= 11 is 0. The third-order valence-corrected chi connectivity index (χ3v) is 8.96. The number of aromatic nitrogens is 4. The summed E-state index contributed by atoms with van der Waals surface area (Å²) in [6.45, 7) is 6.62. The maximum atomic E-state index is 12.9. The maximum absolute atomic E-state index is 12.9. The van der Waals surface area contributed by atoms with Gasteiger partial charge in [-0.05, 0) is 26.2 Å². The molecule has 13 heteroatoms. The lowest BCUT2D eigenvalue weighted by Gasteiger charge is -2.38. The van der Waals surface area contributed by atoms with Crippen LogP contribution in [-0.2, 0) is 13.8 Å². The monoisotopic (exact) mass is 487 g/mol. The molecule has 12 nitrogen and oxygen atoms in total. The quantitative estimate of drug-likeness (QED) is 0.309. The molecule has 0 spiro atoms. The lowest BCUT2D eigenvalue weighted by molar-refractivity contribution is -0.0696. The Kier molecular flexibility index (Phi) is 7.50. The number of ether oxygens (including phenoxy) is 1. The van der Waals surface area contributed by atoms with E-state index in [-0.39, 0.29) is 19.3 Å². The molecule has 2 aromatic heterocycles. The zero-order chi connectivity index (χ0) is 24.6. The van der Waals surface area contributed by atoms with Crippen LogP contribution in [0.25, 0.3) is 11.2 Å². The second kappa shape index (κ2) is 9.53. The van der Waals surface area contributed by atoms with Crippen LogP contribution in [0.4, 0.5) is 5.82 Å². The number of hydrogen-bond donors (Lipinski definition) is 5. The van der Waals surface area contributed by atoms with E-state index in [0.717, 1.165) is 0 Å². The van der Waals surface area contributed by atoms with Crippen LogP contribution in [0.15, 0.2) is 12.7 Å². The minimum absolute atomic E-state index is 0.00959. The van der Waals surface area contributed by atoms with Crippen molar-refractivity contribution in [2.24, 2.45) is 0 Å². The topological polar surface area (TPSA) is 172 Å². The Morgan fingerprint density at radius 1 is 1.18 bits per heavy atom. The van der Waals surface area contributed by atoms with Crippen molar-refractivity contribution in [3.63, 3.8) is 0 Å². The second-order valence-corrected chi connectivity index (χ2v) is 10.7. The van der Waals surface area contributed by atoms with E-state index >= 15 is 0 Å². The van der Waals surface area contributed by atoms with Gasteiger partial charge in [-0.2, -0.15) is 0 Å². The van der Waals surface area contributed by atoms with Gasteiger partial charge in [0.15, 0.2) is 23.0 Å². The summed E-state index contributed by atoms with van der Waals surface area (Å²) in [5.41, 5.74) is -0.312. The molecule has 0 bridgehead atoms. The summed E-state index contributed by atoms with van der Waals surface area (Å²) in [4.78, 5) is 23.2. The van der Waals surface area contributed by atoms with Gasteiger partial charge in [-0.15, -0.1) is 0 Å². The number of nitrogens with zero attached hydrogens (tertiary/aromatic N) is 4. The van der Waals surface area contributed by atoms with E-state index in [1.54, 1.807) is 34.7 Å². The third kappa shape index (κ3) is 4.66. The molecule has 5 N–H and O–H groups in total. The predicted molar refractivity (Wildman–Crippen MR) is 121 cm³/mol. The van der Waals surface area contributed by atoms with E-state index in [9.17, 15) is 24.8 Å². The van der Waals surface area contributed by atoms with Gasteiger partial charge in [0.2, 0.25) is 0 Å². The Bertz CT molecular complexity index is 1020. The lowest BCUT2D eigenvalue weighted by atomic mass is 9.93. The molecule has 33 heavy (non-hydrogen) atoms. The average Bonchev–Trinajstić information content (AvgIpc) is 3.34. The molecule has 0 amide bonds. The van der Waals surface area contributed by atoms with Crippen LogP contribution in [0, 0.1) is 0 Å². The average molecular weight is 487 g/mol. The van der Waals surface area contributed by atoms with E-state index in [0.29, 0.717) is 23.4 Å². The minimum atomic E-state index is -4.43. The summed E-state index contributed by atoms with van der Waals surface area (Å²) in [6.07, 6.45) is -1.28. The largest absolute Gasteiger partial charge is 0.388 e. The predicted octanol–water partition coefficient (Wildman–Crippen LogP) is 1.76. The first-order chi connectivity index (χ1) is 15.5. The van der Waals surface area contributed by atoms with Crippen molar-refractivity contribution in [3.8, 4) is 0 Å². The number of hydrogen-bond acceptors (Lipinski definition) is 10. The Morgan fingerprint density at radius 2 is 1.85 bits per heavy atom. The van der Waals surface area contributed by atoms with Crippen molar-refractivity contribution in [2.75, 3.05) is 12.4 Å². The smallest absolute Gasteiger partial charge is 0.359 e. The number of aliphatic hydroxyl groups is 3. The first-order valence-corrected chi connectivity index (χ1v) is 12.7. The van der Waals surface area contributed by atoms with E-state index < -0.39 is 43.1 Å². The third-order valence-electron chi connectivity index (χ3n) is 6.59. The molecule has 2 aromatic rings. The Labute approximate surface area is 192 Å². The highest BCUT2D eigenvalue weighted by atomic mass is 31.2. The fourth-order valence-corrected chi connectivity index (χ4v) is 5.82. The van der Waals surface area contributed by atoms with Crippen molar-refractivity contribution >= 4 is 24.6 Å². The number of aliphatic hydroxyl groups excluding tert-OH is 2. The molecule has 3 heterocycles. The van der Waals surface area contributed by atoms with Gasteiger partial charge in [0.05, 0.1) is 18.0 Å². The molecule has 1 aliphatic heterocycles. The number of rotatable bonds is 10. The molecule has 3 rings (SSSR count). The van der Waals surface area contributed by atoms with Crippen LogP contribution in [0.2, 0.25) is 0 Å². The van der Waals surface area contributed by atoms with Gasteiger partial charge < -0.3 is 34.8 Å². The second-order valence-electron chi connectivity index (χ2n) is 8.65. The zero-order valence-corrected chi connectivity index (χ0v) is 20.4. The maximum Gasteiger partial charge on any atom is 0.359 e. The molecule has 0 aromatic carbocycles. The molecule has 0 radical (unpaired) electrons. The summed E-state index contributed by atoms with van der Waals surface area (Å²) < 4.78 is 26.1. The van der Waals surface area contributed by atoms with Crippen molar-refractivity contribution in [1.82, 2.24) is 19.5 Å². The molecule has 1 fully saturated rings. The van der Waals surface area contributed by atoms with Crippen LogP contribution >= 0.6 is 7.60 Å². The SMILES string of the molecule is CCC(C)(CC1O[C@@H](n2cnc3c(NC)ncnc32)[C@H](O)C1O)OP(=O)(O)C(O)(CC)CC. The van der Waals surface area contributed by atoms with Gasteiger partial charge in [-0.3, -0.25) is 9.13 Å². The molecule has 1 aliphatic rings. The van der Waals surface area contributed by atoms with Crippen molar-refractivity contribution in [3.05, 3.63) is 12.7 Å². The van der Waals surface area contributed by atoms with Crippen LogP contribution < -0.4 is 5.32 Å². The minimum Gasteiger partial charge on any atom is -0.388 e. The molecule has 0 saturated carbocycles. The van der Waals surface area contributed by atoms with Gasteiger partial charge in [0, 0.05) is 13.5 Å². The summed E-state index contributed by atoms with van der Waals surface area (Å²) in [6, 6.07) is 0. The first-order valence-electron chi connectivity index (χ1n) is 11.1. The van der Waals surface area contributed by atoms with Crippen LogP contribution in [-0.4, -0.2) is 76.0 Å². The van der Waals surface area contributed by atoms with Crippen LogP contribution in [0.3, 0.4) is 0 Å². The fraction of sp³-hybridized carbons (Fsp3) is 0.750. The summed E-state index contributed by atoms with van der Waals surface area (Å²) in [7, 11) is -2.73. The van der Waals surface area contributed by atoms with E-state index in [1.807, 2.05) is 0 Å². The van der Waals surface area contributed by atoms with Crippen LogP contribution in [0.5, 0.6) is 0 Å². The standard InChI is InChI=1S/C20H34N5O7P/c1-6-19(4,32-33(29,30)20(28,7-2)8-3)9-12-14(26)15(27)18(31-12)25-11-24-13-16(21-5)22-10-23-17(13)25/h10-12,14-15,18,26-28H,6-9H2,1-5H3,(H,29,30)(H,21,22,23)/t12?,14?,15-,18-,19?/m1/s1. The van der Waals surface area contributed by atoms with Gasteiger partial charge in [-0.1, -0.05) is 20.8 Å². The summed E-state index contributed by atoms with van der Waals surface area (Å²) in [5.74, 6) is 0.508. The Morgan fingerprint density at radius 3 is 2.42 bits per heavy atom. The molecule has 6 atom stereocenters. The highest BCUT2D eigenvalue weighted by Gasteiger charge is 2.51. The Balaban J connectivity index is 1.84. The van der Waals surface area contributed by atoms with Crippen LogP contribution in [0.1, 0.15) is 59.6 Å².